The van der Waals surface area contributed by atoms with E-state index in [1.807, 2.05) is 0 Å². The number of amides is 1. The van der Waals surface area contributed by atoms with Crippen LogP contribution >= 0.6 is 0 Å². The fourth-order valence-corrected chi connectivity index (χ4v) is 2.27. The first-order valence-electron chi connectivity index (χ1n) is 6.65. The van der Waals surface area contributed by atoms with Crippen molar-refractivity contribution in [3.63, 3.8) is 0 Å². The van der Waals surface area contributed by atoms with Gasteiger partial charge in [0.25, 0.3) is 0 Å². The number of carbonyl (C=O) groups excluding carboxylic acids is 1. The highest BCUT2D eigenvalue weighted by molar-refractivity contribution is 5.75. The van der Waals surface area contributed by atoms with Crippen molar-refractivity contribution in [2.75, 3.05) is 6.54 Å². The van der Waals surface area contributed by atoms with Crippen molar-refractivity contribution < 1.29 is 9.90 Å². The highest BCUT2D eigenvalue weighted by Gasteiger charge is 2.31. The second kappa shape index (κ2) is 6.89. The van der Waals surface area contributed by atoms with E-state index in [1.165, 1.54) is 12.8 Å². The van der Waals surface area contributed by atoms with Gasteiger partial charge in [-0.3, -0.25) is 4.79 Å². The third-order valence-electron chi connectivity index (χ3n) is 3.41. The van der Waals surface area contributed by atoms with Crippen LogP contribution in [-0.4, -0.2) is 23.2 Å². The molecule has 0 heterocycles. The quantitative estimate of drug-likeness (QED) is 0.656. The minimum atomic E-state index is -0.612. The van der Waals surface area contributed by atoms with Gasteiger partial charge in [-0.1, -0.05) is 39.0 Å². The Kier molecular flexibility index (Phi) is 5.81. The lowest BCUT2D eigenvalue weighted by Gasteiger charge is -2.22. The van der Waals surface area contributed by atoms with Crippen molar-refractivity contribution in [2.45, 2.75) is 70.3 Å². The Labute approximate surface area is 98.6 Å². The summed E-state index contributed by atoms with van der Waals surface area (Å²) in [4.78, 5) is 11.5. The number of aliphatic hydroxyl groups is 1. The second-order valence-electron chi connectivity index (χ2n) is 5.02. The topological polar surface area (TPSA) is 49.3 Å². The molecular formula is C13H25NO2. The van der Waals surface area contributed by atoms with Gasteiger partial charge in [0.15, 0.2) is 0 Å². The molecule has 0 aromatic rings. The van der Waals surface area contributed by atoms with E-state index in [4.69, 9.17) is 0 Å². The summed E-state index contributed by atoms with van der Waals surface area (Å²) in [6.07, 6.45) is 8.96. The van der Waals surface area contributed by atoms with Crippen LogP contribution in [0.25, 0.3) is 0 Å². The van der Waals surface area contributed by atoms with Gasteiger partial charge in [-0.2, -0.15) is 0 Å². The number of carbonyl (C=O) groups is 1. The zero-order valence-electron chi connectivity index (χ0n) is 10.4. The third kappa shape index (κ3) is 4.97. The van der Waals surface area contributed by atoms with Crippen LogP contribution in [0.4, 0.5) is 0 Å². The maximum atomic E-state index is 11.5. The summed E-state index contributed by atoms with van der Waals surface area (Å²) >= 11 is 0. The fraction of sp³-hybridized carbons (Fsp3) is 0.923. The molecular weight excluding hydrogens is 202 g/mol. The predicted molar refractivity (Wildman–Crippen MR) is 65.2 cm³/mol. The Morgan fingerprint density at radius 1 is 1.25 bits per heavy atom. The molecule has 0 aromatic heterocycles. The molecule has 0 aromatic carbocycles. The second-order valence-corrected chi connectivity index (χ2v) is 5.02. The molecule has 0 saturated heterocycles. The Bertz CT molecular complexity index is 210. The summed E-state index contributed by atoms with van der Waals surface area (Å²) in [6.45, 7) is 2.61. The minimum Gasteiger partial charge on any atom is -0.388 e. The van der Waals surface area contributed by atoms with Crippen LogP contribution in [0, 0.1) is 0 Å². The lowest BCUT2D eigenvalue weighted by molar-refractivity contribution is -0.122. The Balaban J connectivity index is 2.05. The van der Waals surface area contributed by atoms with E-state index in [2.05, 4.69) is 12.2 Å². The Morgan fingerprint density at radius 3 is 2.56 bits per heavy atom. The van der Waals surface area contributed by atoms with Gasteiger partial charge < -0.3 is 10.4 Å². The number of unbranched alkanes of at least 4 members (excludes halogenated alkanes) is 3. The number of rotatable bonds is 7. The van der Waals surface area contributed by atoms with E-state index in [0.29, 0.717) is 13.0 Å². The van der Waals surface area contributed by atoms with Crippen molar-refractivity contribution in [3.8, 4) is 0 Å². The number of hydrogen-bond acceptors (Lipinski definition) is 2. The molecule has 0 atom stereocenters. The van der Waals surface area contributed by atoms with Crippen LogP contribution < -0.4 is 5.32 Å². The monoisotopic (exact) mass is 227 g/mol. The zero-order valence-corrected chi connectivity index (χ0v) is 10.4. The first kappa shape index (κ1) is 13.5. The Hall–Kier alpha value is -0.570. The molecule has 1 saturated carbocycles. The third-order valence-corrected chi connectivity index (χ3v) is 3.41. The van der Waals surface area contributed by atoms with E-state index >= 15 is 0 Å². The summed E-state index contributed by atoms with van der Waals surface area (Å²) in [5.41, 5.74) is -0.612. The summed E-state index contributed by atoms with van der Waals surface area (Å²) in [5.74, 6) is 0.0939. The van der Waals surface area contributed by atoms with Crippen molar-refractivity contribution in [2.24, 2.45) is 0 Å². The van der Waals surface area contributed by atoms with Gasteiger partial charge in [0, 0.05) is 13.0 Å². The van der Waals surface area contributed by atoms with Crippen molar-refractivity contribution >= 4 is 5.91 Å². The first-order chi connectivity index (χ1) is 7.66. The zero-order chi connectivity index (χ0) is 11.9. The molecule has 0 unspecified atom stereocenters. The minimum absolute atomic E-state index is 0.0939. The van der Waals surface area contributed by atoms with E-state index in [0.717, 1.165) is 38.5 Å². The van der Waals surface area contributed by atoms with Crippen LogP contribution in [0.3, 0.4) is 0 Å². The van der Waals surface area contributed by atoms with E-state index in [-0.39, 0.29) is 5.91 Å². The van der Waals surface area contributed by atoms with Crippen molar-refractivity contribution in [1.82, 2.24) is 5.32 Å². The maximum absolute atomic E-state index is 11.5. The van der Waals surface area contributed by atoms with Gasteiger partial charge in [-0.25, -0.2) is 0 Å². The summed E-state index contributed by atoms with van der Waals surface area (Å²) in [7, 11) is 0. The smallest absolute Gasteiger partial charge is 0.220 e. The molecule has 1 aliphatic carbocycles. The molecule has 0 aliphatic heterocycles. The van der Waals surface area contributed by atoms with Crippen molar-refractivity contribution in [3.05, 3.63) is 0 Å². The molecule has 3 nitrogen and oxygen atoms in total. The van der Waals surface area contributed by atoms with E-state index in [9.17, 15) is 9.90 Å². The molecule has 0 spiro atoms. The van der Waals surface area contributed by atoms with Gasteiger partial charge in [-0.15, -0.1) is 0 Å². The van der Waals surface area contributed by atoms with Gasteiger partial charge in [-0.05, 0) is 19.3 Å². The summed E-state index contributed by atoms with van der Waals surface area (Å²) in [5, 5.41) is 12.9. The molecule has 0 bridgehead atoms. The normalized spacial score (nSPS) is 18.6. The molecule has 1 amide bonds. The van der Waals surface area contributed by atoms with E-state index < -0.39 is 5.60 Å². The van der Waals surface area contributed by atoms with Crippen molar-refractivity contribution in [1.29, 1.82) is 0 Å². The number of nitrogens with one attached hydrogen (secondary N) is 1. The molecule has 16 heavy (non-hydrogen) atoms. The lowest BCUT2D eigenvalue weighted by atomic mass is 10.0. The van der Waals surface area contributed by atoms with Gasteiger partial charge in [0.05, 0.1) is 5.60 Å². The van der Waals surface area contributed by atoms with Crippen LogP contribution in [-0.2, 0) is 4.79 Å². The van der Waals surface area contributed by atoms with Gasteiger partial charge >= 0.3 is 0 Å². The van der Waals surface area contributed by atoms with Crippen LogP contribution in [0.15, 0.2) is 0 Å². The Morgan fingerprint density at radius 2 is 1.94 bits per heavy atom. The standard InChI is InChI=1S/C13H25NO2/c1-2-3-4-5-8-12(15)14-11-13(16)9-6-7-10-13/h16H,2-11H2,1H3,(H,14,15). The molecule has 2 N–H and O–H groups in total. The molecule has 0 radical (unpaired) electrons. The van der Waals surface area contributed by atoms with Crippen LogP contribution in [0.1, 0.15) is 64.7 Å². The lowest BCUT2D eigenvalue weighted by Crippen LogP contribution is -2.40. The average molecular weight is 227 g/mol. The summed E-state index contributed by atoms with van der Waals surface area (Å²) < 4.78 is 0. The predicted octanol–water partition coefficient (Wildman–Crippen LogP) is 2.38. The highest BCUT2D eigenvalue weighted by Crippen LogP contribution is 2.28. The molecule has 94 valence electrons. The van der Waals surface area contributed by atoms with Crippen LogP contribution in [0.2, 0.25) is 0 Å². The summed E-state index contributed by atoms with van der Waals surface area (Å²) in [6, 6.07) is 0. The molecule has 1 aliphatic rings. The van der Waals surface area contributed by atoms with Gasteiger partial charge in [0.2, 0.25) is 5.91 Å². The largest absolute Gasteiger partial charge is 0.388 e. The SMILES string of the molecule is CCCCCCC(=O)NCC1(O)CCCC1. The number of hydrogen-bond donors (Lipinski definition) is 2. The average Bonchev–Trinajstić information content (AvgIpc) is 2.70. The molecule has 1 fully saturated rings. The maximum Gasteiger partial charge on any atom is 0.220 e. The molecule has 3 heteroatoms. The first-order valence-corrected chi connectivity index (χ1v) is 6.65. The van der Waals surface area contributed by atoms with Gasteiger partial charge in [0.1, 0.15) is 0 Å². The molecule has 1 rings (SSSR count). The fourth-order valence-electron chi connectivity index (χ4n) is 2.27. The van der Waals surface area contributed by atoms with E-state index in [1.54, 1.807) is 0 Å². The van der Waals surface area contributed by atoms with Crippen LogP contribution in [0.5, 0.6) is 0 Å². The highest BCUT2D eigenvalue weighted by atomic mass is 16.3.